The molecule has 0 aliphatic heterocycles. The molecule has 4 nitrogen and oxygen atoms in total. The summed E-state index contributed by atoms with van der Waals surface area (Å²) >= 11 is 0. The fourth-order valence-electron chi connectivity index (χ4n) is 1.49. The van der Waals surface area contributed by atoms with Crippen LogP contribution >= 0.6 is 0 Å². The van der Waals surface area contributed by atoms with E-state index in [0.29, 0.717) is 5.82 Å². The molecule has 2 aromatic heterocycles. The lowest BCUT2D eigenvalue weighted by Crippen LogP contribution is -1.89. The number of aromatic nitrogens is 3. The summed E-state index contributed by atoms with van der Waals surface area (Å²) in [5.41, 5.74) is 8.90. The Morgan fingerprint density at radius 1 is 1.36 bits per heavy atom. The van der Waals surface area contributed by atoms with Gasteiger partial charge >= 0.3 is 0 Å². The number of rotatable bonds is 2. The second kappa shape index (κ2) is 3.49. The van der Waals surface area contributed by atoms with Crippen LogP contribution in [0.15, 0.2) is 24.5 Å². The molecule has 2 rings (SSSR count). The van der Waals surface area contributed by atoms with Crippen LogP contribution < -0.4 is 5.73 Å². The maximum absolute atomic E-state index is 5.79. The van der Waals surface area contributed by atoms with Gasteiger partial charge in [0.2, 0.25) is 0 Å². The fraction of sp³-hybridized carbons (Fsp3) is 0.200. The maximum atomic E-state index is 5.79. The van der Waals surface area contributed by atoms with E-state index in [1.165, 1.54) is 0 Å². The van der Waals surface area contributed by atoms with Crippen LogP contribution in [0.5, 0.6) is 0 Å². The van der Waals surface area contributed by atoms with Gasteiger partial charge in [-0.2, -0.15) is 5.10 Å². The molecule has 0 aliphatic carbocycles. The number of H-pyrrole nitrogens is 1. The predicted octanol–water partition coefficient (Wildman–Crippen LogP) is 1.62. The number of anilines is 1. The average molecular weight is 188 g/mol. The monoisotopic (exact) mass is 188 g/mol. The van der Waals surface area contributed by atoms with Crippen molar-refractivity contribution >= 4 is 5.82 Å². The van der Waals surface area contributed by atoms with Gasteiger partial charge < -0.3 is 5.73 Å². The quantitative estimate of drug-likeness (QED) is 0.752. The molecule has 72 valence electrons. The number of pyridine rings is 1. The number of nitrogens with two attached hydrogens (primary N) is 1. The average Bonchev–Trinajstić information content (AvgIpc) is 2.61. The van der Waals surface area contributed by atoms with Gasteiger partial charge in [0.1, 0.15) is 0 Å². The Morgan fingerprint density at radius 3 is 2.71 bits per heavy atom. The van der Waals surface area contributed by atoms with E-state index >= 15 is 0 Å². The summed E-state index contributed by atoms with van der Waals surface area (Å²) in [6.45, 7) is 2.07. The van der Waals surface area contributed by atoms with E-state index in [1.807, 2.05) is 12.1 Å². The minimum absolute atomic E-state index is 0.549. The Bertz CT molecular complexity index is 419. The van der Waals surface area contributed by atoms with Crippen molar-refractivity contribution in [2.75, 3.05) is 5.73 Å². The number of nitrogen functional groups attached to an aromatic ring is 1. The van der Waals surface area contributed by atoms with E-state index in [2.05, 4.69) is 22.1 Å². The summed E-state index contributed by atoms with van der Waals surface area (Å²) in [7, 11) is 0. The van der Waals surface area contributed by atoms with Crippen LogP contribution in [0.3, 0.4) is 0 Å². The van der Waals surface area contributed by atoms with Gasteiger partial charge in [0.05, 0.1) is 0 Å². The highest BCUT2D eigenvalue weighted by molar-refractivity contribution is 5.75. The highest BCUT2D eigenvalue weighted by Gasteiger charge is 2.10. The molecule has 0 amide bonds. The van der Waals surface area contributed by atoms with Gasteiger partial charge in [0, 0.05) is 23.7 Å². The molecule has 4 heteroatoms. The molecule has 0 radical (unpaired) electrons. The Kier molecular flexibility index (Phi) is 2.18. The number of hydrogen-bond acceptors (Lipinski definition) is 3. The van der Waals surface area contributed by atoms with E-state index in [1.54, 1.807) is 12.4 Å². The summed E-state index contributed by atoms with van der Waals surface area (Å²) in [5.74, 6) is 0.549. The second-order valence-electron chi connectivity index (χ2n) is 3.05. The molecule has 0 saturated heterocycles. The molecule has 0 saturated carbocycles. The van der Waals surface area contributed by atoms with Crippen LogP contribution in [0.25, 0.3) is 11.1 Å². The van der Waals surface area contributed by atoms with Gasteiger partial charge in [-0.05, 0) is 24.1 Å². The highest BCUT2D eigenvalue weighted by Crippen LogP contribution is 2.27. The molecule has 0 fully saturated rings. The summed E-state index contributed by atoms with van der Waals surface area (Å²) in [4.78, 5) is 3.97. The molecule has 3 N–H and O–H groups in total. The largest absolute Gasteiger partial charge is 0.382 e. The fourth-order valence-corrected chi connectivity index (χ4v) is 1.49. The highest BCUT2D eigenvalue weighted by atomic mass is 15.2. The third kappa shape index (κ3) is 1.35. The third-order valence-electron chi connectivity index (χ3n) is 2.19. The molecule has 14 heavy (non-hydrogen) atoms. The minimum atomic E-state index is 0.549. The molecule has 0 aromatic carbocycles. The SMILES string of the molecule is CCc1[nH]nc(N)c1-c1ccncc1. The number of aryl methyl sites for hydroxylation is 1. The smallest absolute Gasteiger partial charge is 0.153 e. The van der Waals surface area contributed by atoms with Crippen molar-refractivity contribution in [3.63, 3.8) is 0 Å². The lowest BCUT2D eigenvalue weighted by atomic mass is 10.1. The maximum Gasteiger partial charge on any atom is 0.153 e. The molecular formula is C10H12N4. The summed E-state index contributed by atoms with van der Waals surface area (Å²) < 4.78 is 0. The third-order valence-corrected chi connectivity index (χ3v) is 2.19. The van der Waals surface area contributed by atoms with Crippen molar-refractivity contribution in [2.45, 2.75) is 13.3 Å². The Morgan fingerprint density at radius 2 is 2.07 bits per heavy atom. The predicted molar refractivity (Wildman–Crippen MR) is 55.6 cm³/mol. The zero-order valence-corrected chi connectivity index (χ0v) is 7.99. The Balaban J connectivity index is 2.55. The van der Waals surface area contributed by atoms with E-state index in [0.717, 1.165) is 23.2 Å². The number of nitrogens with zero attached hydrogens (tertiary/aromatic N) is 2. The molecule has 0 unspecified atom stereocenters. The molecule has 2 heterocycles. The second-order valence-corrected chi connectivity index (χ2v) is 3.05. The van der Waals surface area contributed by atoms with Crippen molar-refractivity contribution in [1.29, 1.82) is 0 Å². The first-order valence-electron chi connectivity index (χ1n) is 4.56. The van der Waals surface area contributed by atoms with Gasteiger partial charge in [-0.15, -0.1) is 0 Å². The zero-order valence-electron chi connectivity index (χ0n) is 7.99. The molecule has 2 aromatic rings. The van der Waals surface area contributed by atoms with Crippen molar-refractivity contribution in [3.8, 4) is 11.1 Å². The van der Waals surface area contributed by atoms with Crippen LogP contribution in [-0.4, -0.2) is 15.2 Å². The van der Waals surface area contributed by atoms with Crippen LogP contribution in [0.2, 0.25) is 0 Å². The summed E-state index contributed by atoms with van der Waals surface area (Å²) in [5, 5.41) is 6.92. The lowest BCUT2D eigenvalue weighted by molar-refractivity contribution is 0.978. The van der Waals surface area contributed by atoms with E-state index in [9.17, 15) is 0 Å². The first-order valence-corrected chi connectivity index (χ1v) is 4.56. The minimum Gasteiger partial charge on any atom is -0.382 e. The molecule has 0 aliphatic rings. The molecule has 0 spiro atoms. The number of hydrogen-bond donors (Lipinski definition) is 2. The van der Waals surface area contributed by atoms with Gasteiger partial charge in [-0.3, -0.25) is 10.1 Å². The van der Waals surface area contributed by atoms with Gasteiger partial charge in [-0.25, -0.2) is 0 Å². The van der Waals surface area contributed by atoms with E-state index in [4.69, 9.17) is 5.73 Å². The summed E-state index contributed by atoms with van der Waals surface area (Å²) in [6.07, 6.45) is 4.39. The van der Waals surface area contributed by atoms with E-state index < -0.39 is 0 Å². The van der Waals surface area contributed by atoms with Crippen LogP contribution in [0.1, 0.15) is 12.6 Å². The van der Waals surface area contributed by atoms with Gasteiger partial charge in [0.25, 0.3) is 0 Å². The Hall–Kier alpha value is -1.84. The topological polar surface area (TPSA) is 67.6 Å². The van der Waals surface area contributed by atoms with E-state index in [-0.39, 0.29) is 0 Å². The Labute approximate surface area is 82.2 Å². The van der Waals surface area contributed by atoms with Crippen LogP contribution in [0.4, 0.5) is 5.82 Å². The number of nitrogens with one attached hydrogen (secondary N) is 1. The first-order chi connectivity index (χ1) is 6.83. The number of aromatic amines is 1. The normalized spacial score (nSPS) is 10.4. The van der Waals surface area contributed by atoms with Gasteiger partial charge in [0.15, 0.2) is 5.82 Å². The van der Waals surface area contributed by atoms with Crippen molar-refractivity contribution < 1.29 is 0 Å². The molecular weight excluding hydrogens is 176 g/mol. The lowest BCUT2D eigenvalue weighted by Gasteiger charge is -2.00. The summed E-state index contributed by atoms with van der Waals surface area (Å²) in [6, 6.07) is 3.86. The molecule has 0 atom stereocenters. The first kappa shape index (κ1) is 8.74. The van der Waals surface area contributed by atoms with Gasteiger partial charge in [-0.1, -0.05) is 6.92 Å². The van der Waals surface area contributed by atoms with Crippen LogP contribution in [-0.2, 0) is 6.42 Å². The standard InChI is InChI=1S/C10H12N4/c1-2-8-9(10(11)14-13-8)7-3-5-12-6-4-7/h3-6H,2H2,1H3,(H3,11,13,14). The van der Waals surface area contributed by atoms with Crippen molar-refractivity contribution in [3.05, 3.63) is 30.2 Å². The molecule has 0 bridgehead atoms. The zero-order chi connectivity index (χ0) is 9.97. The van der Waals surface area contributed by atoms with Crippen LogP contribution in [0, 0.1) is 0 Å². The van der Waals surface area contributed by atoms with Crippen molar-refractivity contribution in [2.24, 2.45) is 0 Å². The van der Waals surface area contributed by atoms with Crippen molar-refractivity contribution in [1.82, 2.24) is 15.2 Å².